The third kappa shape index (κ3) is 1.37. The van der Waals surface area contributed by atoms with Crippen LogP contribution in [0.4, 0.5) is 5.82 Å². The van der Waals surface area contributed by atoms with Crippen LogP contribution in [-0.4, -0.2) is 40.2 Å². The molecule has 7 nitrogen and oxygen atoms in total. The van der Waals surface area contributed by atoms with Gasteiger partial charge in [0.2, 0.25) is 5.43 Å². The van der Waals surface area contributed by atoms with Gasteiger partial charge in [0, 0.05) is 12.7 Å². The van der Waals surface area contributed by atoms with Gasteiger partial charge in [0.05, 0.1) is 11.4 Å². The molecule has 0 radical (unpaired) electrons. The lowest BCUT2D eigenvalue weighted by atomic mass is 10.0. The first-order chi connectivity index (χ1) is 9.65. The van der Waals surface area contributed by atoms with E-state index in [1.807, 2.05) is 0 Å². The van der Waals surface area contributed by atoms with Crippen LogP contribution in [0, 0.1) is 0 Å². The second kappa shape index (κ2) is 3.72. The molecule has 4 rings (SSSR count). The molecule has 0 aromatic carbocycles. The molecule has 2 aromatic rings. The molecule has 1 fully saturated rings. The second-order valence-corrected chi connectivity index (χ2v) is 4.99. The maximum atomic E-state index is 12.1. The van der Waals surface area contributed by atoms with Crippen LogP contribution in [-0.2, 0) is 0 Å². The Morgan fingerprint density at radius 2 is 2.40 bits per heavy atom. The Bertz CT molecular complexity index is 798. The number of aromatic nitrogens is 2. The second-order valence-electron chi connectivity index (χ2n) is 4.99. The lowest BCUT2D eigenvalue weighted by Crippen LogP contribution is -2.54. The standard InChI is InChI=1S/C13H11N3O4/c17-10-7-3-9-12(16-2-1-6(16)5-20-9)15-11(7)14-4-8(10)13(18)19/h3-4,6H,1-2,5H2,(H,18,19)(H,14,15,17)/t6-/m0/s1. The zero-order valence-corrected chi connectivity index (χ0v) is 10.4. The minimum Gasteiger partial charge on any atom is -0.488 e. The van der Waals surface area contributed by atoms with Crippen molar-refractivity contribution in [2.75, 3.05) is 18.1 Å². The molecule has 0 unspecified atom stereocenters. The molecule has 0 aliphatic carbocycles. The molecule has 1 atom stereocenters. The maximum absolute atomic E-state index is 12.1. The van der Waals surface area contributed by atoms with Gasteiger partial charge >= 0.3 is 5.97 Å². The third-order valence-corrected chi connectivity index (χ3v) is 3.89. The molecule has 2 aliphatic rings. The Hall–Kier alpha value is -2.57. The van der Waals surface area contributed by atoms with E-state index < -0.39 is 11.4 Å². The van der Waals surface area contributed by atoms with E-state index >= 15 is 0 Å². The summed E-state index contributed by atoms with van der Waals surface area (Å²) in [5.74, 6) is 0.00908. The number of anilines is 1. The molecule has 102 valence electrons. The fourth-order valence-corrected chi connectivity index (χ4v) is 2.67. The van der Waals surface area contributed by atoms with Crippen molar-refractivity contribution >= 4 is 22.8 Å². The summed E-state index contributed by atoms with van der Waals surface area (Å²) in [4.78, 5) is 32.4. The first kappa shape index (κ1) is 11.3. The van der Waals surface area contributed by atoms with Crippen molar-refractivity contribution in [1.82, 2.24) is 9.97 Å². The van der Waals surface area contributed by atoms with Gasteiger partial charge < -0.3 is 19.7 Å². The number of hydrogen-bond acceptors (Lipinski definition) is 5. The van der Waals surface area contributed by atoms with Crippen molar-refractivity contribution in [2.24, 2.45) is 0 Å². The van der Waals surface area contributed by atoms with Gasteiger partial charge in [-0.15, -0.1) is 0 Å². The highest BCUT2D eigenvalue weighted by Gasteiger charge is 2.36. The topological polar surface area (TPSA) is 95.5 Å². The number of aromatic amines is 1. The molecule has 0 spiro atoms. The van der Waals surface area contributed by atoms with Crippen molar-refractivity contribution < 1.29 is 14.6 Å². The first-order valence-electron chi connectivity index (χ1n) is 6.34. The van der Waals surface area contributed by atoms with Gasteiger partial charge in [-0.25, -0.2) is 9.78 Å². The average Bonchev–Trinajstić information content (AvgIpc) is 2.37. The Labute approximate surface area is 112 Å². The molecule has 0 bridgehead atoms. The van der Waals surface area contributed by atoms with Crippen molar-refractivity contribution in [3.63, 3.8) is 0 Å². The number of aromatic carboxylic acids is 1. The molecule has 2 aromatic heterocycles. The summed E-state index contributed by atoms with van der Waals surface area (Å²) in [6.07, 6.45) is 2.26. The molecule has 20 heavy (non-hydrogen) atoms. The molecule has 7 heteroatoms. The molecule has 0 amide bonds. The smallest absolute Gasteiger partial charge is 0.341 e. The van der Waals surface area contributed by atoms with E-state index in [2.05, 4.69) is 14.9 Å². The largest absolute Gasteiger partial charge is 0.488 e. The predicted molar refractivity (Wildman–Crippen MR) is 70.6 cm³/mol. The van der Waals surface area contributed by atoms with Crippen LogP contribution in [0.3, 0.4) is 0 Å². The molecular formula is C13H11N3O4. The number of nitrogens with zero attached hydrogens (tertiary/aromatic N) is 2. The average molecular weight is 273 g/mol. The van der Waals surface area contributed by atoms with Crippen LogP contribution < -0.4 is 15.1 Å². The Balaban J connectivity index is 1.97. The van der Waals surface area contributed by atoms with Crippen LogP contribution in [0.1, 0.15) is 16.8 Å². The van der Waals surface area contributed by atoms with Crippen LogP contribution >= 0.6 is 0 Å². The summed E-state index contributed by atoms with van der Waals surface area (Å²) in [5.41, 5.74) is -0.456. The Morgan fingerprint density at radius 1 is 1.55 bits per heavy atom. The van der Waals surface area contributed by atoms with E-state index in [9.17, 15) is 9.59 Å². The number of pyridine rings is 2. The highest BCUT2D eigenvalue weighted by Crippen LogP contribution is 2.38. The Kier molecular flexibility index (Phi) is 2.10. The van der Waals surface area contributed by atoms with E-state index in [4.69, 9.17) is 9.84 Å². The summed E-state index contributed by atoms with van der Waals surface area (Å²) < 4.78 is 5.62. The van der Waals surface area contributed by atoms with E-state index in [1.165, 1.54) is 6.20 Å². The SMILES string of the molecule is O=C(O)c1c[nH]c2nc3c(cc2c1=O)OC[C@@H]1CCN31. The van der Waals surface area contributed by atoms with Gasteiger partial charge in [0.15, 0.2) is 11.6 Å². The van der Waals surface area contributed by atoms with Crippen molar-refractivity contribution in [3.05, 3.63) is 28.0 Å². The van der Waals surface area contributed by atoms with Crippen molar-refractivity contribution in [3.8, 4) is 5.75 Å². The fraction of sp³-hybridized carbons (Fsp3) is 0.308. The highest BCUT2D eigenvalue weighted by molar-refractivity contribution is 5.92. The van der Waals surface area contributed by atoms with Gasteiger partial charge in [-0.1, -0.05) is 0 Å². The predicted octanol–water partition coefficient (Wildman–Crippen LogP) is 0.592. The summed E-state index contributed by atoms with van der Waals surface area (Å²) in [6, 6.07) is 1.94. The molecule has 0 saturated carbocycles. The van der Waals surface area contributed by atoms with Gasteiger partial charge in [0.1, 0.15) is 17.8 Å². The van der Waals surface area contributed by atoms with Gasteiger partial charge in [-0.2, -0.15) is 0 Å². The third-order valence-electron chi connectivity index (χ3n) is 3.89. The summed E-state index contributed by atoms with van der Waals surface area (Å²) in [7, 11) is 0. The number of hydrogen-bond donors (Lipinski definition) is 2. The van der Waals surface area contributed by atoms with Crippen LogP contribution in [0.15, 0.2) is 17.1 Å². The van der Waals surface area contributed by atoms with Crippen LogP contribution in [0.25, 0.3) is 11.0 Å². The van der Waals surface area contributed by atoms with Crippen LogP contribution in [0.2, 0.25) is 0 Å². The van der Waals surface area contributed by atoms with Crippen molar-refractivity contribution in [1.29, 1.82) is 0 Å². The van der Waals surface area contributed by atoms with Crippen LogP contribution in [0.5, 0.6) is 5.75 Å². The molecule has 4 heterocycles. The maximum Gasteiger partial charge on any atom is 0.341 e. The van der Waals surface area contributed by atoms with Gasteiger partial charge in [0.25, 0.3) is 0 Å². The molecule has 2 aliphatic heterocycles. The zero-order valence-electron chi connectivity index (χ0n) is 10.4. The van der Waals surface area contributed by atoms with Gasteiger partial charge in [-0.05, 0) is 12.5 Å². The first-order valence-corrected chi connectivity index (χ1v) is 6.34. The number of carboxylic acids is 1. The number of carbonyl (C=O) groups is 1. The van der Waals surface area contributed by atoms with E-state index in [0.29, 0.717) is 24.0 Å². The fourth-order valence-electron chi connectivity index (χ4n) is 2.67. The van der Waals surface area contributed by atoms with Crippen molar-refractivity contribution in [2.45, 2.75) is 12.5 Å². The molecule has 2 N–H and O–H groups in total. The van der Waals surface area contributed by atoms with E-state index in [1.54, 1.807) is 6.07 Å². The van der Waals surface area contributed by atoms with E-state index in [0.717, 1.165) is 18.8 Å². The number of ether oxygens (including phenoxy) is 1. The monoisotopic (exact) mass is 273 g/mol. The number of carboxylic acid groups (broad SMARTS) is 1. The minimum atomic E-state index is -1.26. The quantitative estimate of drug-likeness (QED) is 0.789. The van der Waals surface area contributed by atoms with Gasteiger partial charge in [-0.3, -0.25) is 4.79 Å². The van der Waals surface area contributed by atoms with E-state index in [-0.39, 0.29) is 10.9 Å². The minimum absolute atomic E-state index is 0.239. The summed E-state index contributed by atoms with van der Waals surface area (Å²) >= 11 is 0. The molecule has 1 saturated heterocycles. The lowest BCUT2D eigenvalue weighted by molar-refractivity contribution is 0.0695. The number of fused-ring (bicyclic) bond motifs is 4. The normalized spacial score (nSPS) is 19.8. The summed E-state index contributed by atoms with van der Waals surface area (Å²) in [6.45, 7) is 1.51. The lowest BCUT2D eigenvalue weighted by Gasteiger charge is -2.45. The number of nitrogens with one attached hydrogen (secondary N) is 1. The zero-order chi connectivity index (χ0) is 13.9. The number of rotatable bonds is 1. The summed E-state index contributed by atoms with van der Waals surface area (Å²) in [5, 5.41) is 9.21. The highest BCUT2D eigenvalue weighted by atomic mass is 16.5. The molecular weight excluding hydrogens is 262 g/mol. The number of H-pyrrole nitrogens is 1. The Morgan fingerprint density at radius 3 is 3.10 bits per heavy atom.